The Morgan fingerprint density at radius 3 is 2.61 bits per heavy atom. The van der Waals surface area contributed by atoms with Crippen molar-refractivity contribution in [2.45, 2.75) is 39.7 Å². The average molecular weight is 253 g/mol. The summed E-state index contributed by atoms with van der Waals surface area (Å²) in [4.78, 5) is 22.6. The predicted molar refractivity (Wildman–Crippen MR) is 66.1 cm³/mol. The zero-order valence-electron chi connectivity index (χ0n) is 10.9. The van der Waals surface area contributed by atoms with Crippen molar-refractivity contribution < 1.29 is 14.7 Å². The van der Waals surface area contributed by atoms with Crippen molar-refractivity contribution in [3.63, 3.8) is 0 Å². The smallest absolute Gasteiger partial charge is 0.326 e. The summed E-state index contributed by atoms with van der Waals surface area (Å²) in [7, 11) is 0. The average Bonchev–Trinajstić information content (AvgIpc) is 2.68. The first kappa shape index (κ1) is 14.2. The quantitative estimate of drug-likeness (QED) is 0.701. The van der Waals surface area contributed by atoms with E-state index in [1.54, 1.807) is 20.0 Å². The Bertz CT molecular complexity index is 426. The fourth-order valence-electron chi connectivity index (χ4n) is 1.64. The number of carboxylic acids is 1. The molecule has 0 unspecified atom stereocenters. The number of carboxylic acid groups (broad SMARTS) is 1. The van der Waals surface area contributed by atoms with Crippen molar-refractivity contribution in [1.82, 2.24) is 15.5 Å². The summed E-state index contributed by atoms with van der Waals surface area (Å²) in [6.45, 7) is 5.41. The fraction of sp³-hybridized carbons (Fsp3) is 0.583. The van der Waals surface area contributed by atoms with Gasteiger partial charge in [-0.1, -0.05) is 13.8 Å². The zero-order valence-corrected chi connectivity index (χ0v) is 10.9. The number of nitrogens with one attached hydrogen (secondary N) is 2. The molecule has 1 heterocycles. The number of aromatic nitrogens is 2. The Labute approximate surface area is 106 Å². The number of nitrogens with zero attached hydrogens (tertiary/aromatic N) is 1. The molecule has 0 aromatic carbocycles. The number of hydrogen-bond acceptors (Lipinski definition) is 3. The molecule has 0 bridgehead atoms. The number of amides is 1. The third-order valence-electron chi connectivity index (χ3n) is 2.80. The molecule has 1 aromatic rings. The summed E-state index contributed by atoms with van der Waals surface area (Å²) < 4.78 is 0. The number of aromatic amines is 1. The van der Waals surface area contributed by atoms with Crippen LogP contribution in [0.25, 0.3) is 0 Å². The maximum absolute atomic E-state index is 11.7. The number of hydrogen-bond donors (Lipinski definition) is 3. The van der Waals surface area contributed by atoms with Gasteiger partial charge in [-0.3, -0.25) is 9.89 Å². The molecule has 100 valence electrons. The van der Waals surface area contributed by atoms with Gasteiger partial charge in [-0.05, 0) is 24.8 Å². The second-order valence-electron chi connectivity index (χ2n) is 4.65. The molecule has 3 N–H and O–H groups in total. The molecule has 0 radical (unpaired) electrons. The fourth-order valence-corrected chi connectivity index (χ4v) is 1.64. The highest BCUT2D eigenvalue weighted by Gasteiger charge is 2.23. The van der Waals surface area contributed by atoms with Crippen molar-refractivity contribution in [3.8, 4) is 0 Å². The lowest BCUT2D eigenvalue weighted by Crippen LogP contribution is -2.44. The summed E-state index contributed by atoms with van der Waals surface area (Å²) >= 11 is 0. The number of carbonyl (C=O) groups excluding carboxylic acids is 1. The Balaban J connectivity index is 2.46. The predicted octanol–water partition coefficient (Wildman–Crippen LogP) is 0.876. The van der Waals surface area contributed by atoms with Gasteiger partial charge in [-0.15, -0.1) is 0 Å². The second-order valence-corrected chi connectivity index (χ2v) is 4.65. The lowest BCUT2D eigenvalue weighted by Gasteiger charge is -2.17. The lowest BCUT2D eigenvalue weighted by atomic mass is 10.0. The SMILES string of the molecule is Cc1[nH]ncc1CCC(=O)N[C@H](C(=O)O)C(C)C. The highest BCUT2D eigenvalue weighted by molar-refractivity contribution is 5.83. The molecule has 1 amide bonds. The normalized spacial score (nSPS) is 12.4. The van der Waals surface area contributed by atoms with Gasteiger partial charge >= 0.3 is 5.97 Å². The maximum atomic E-state index is 11.7. The van der Waals surface area contributed by atoms with Gasteiger partial charge in [0.1, 0.15) is 6.04 Å². The molecule has 0 aliphatic rings. The standard InChI is InChI=1S/C12H19N3O3/c1-7(2)11(12(17)18)14-10(16)5-4-9-6-13-15-8(9)3/h6-7,11H,4-5H2,1-3H3,(H,13,15)(H,14,16)(H,17,18)/t11-/m0/s1. The van der Waals surface area contributed by atoms with Crippen LogP contribution in [0.1, 0.15) is 31.5 Å². The van der Waals surface area contributed by atoms with E-state index in [1.807, 2.05) is 6.92 Å². The Hall–Kier alpha value is -1.85. The molecule has 6 heteroatoms. The molecule has 0 spiro atoms. The van der Waals surface area contributed by atoms with E-state index in [9.17, 15) is 9.59 Å². The van der Waals surface area contributed by atoms with Gasteiger partial charge in [0, 0.05) is 12.1 Å². The summed E-state index contributed by atoms with van der Waals surface area (Å²) in [5.41, 5.74) is 1.91. The number of carbonyl (C=O) groups is 2. The molecule has 0 aliphatic heterocycles. The minimum absolute atomic E-state index is 0.137. The molecular formula is C12H19N3O3. The van der Waals surface area contributed by atoms with Crippen LogP contribution in [0.2, 0.25) is 0 Å². The highest BCUT2D eigenvalue weighted by Crippen LogP contribution is 2.07. The summed E-state index contributed by atoms with van der Waals surface area (Å²) in [6, 6.07) is -0.831. The first-order valence-corrected chi connectivity index (χ1v) is 5.92. The van der Waals surface area contributed by atoms with E-state index in [0.29, 0.717) is 6.42 Å². The van der Waals surface area contributed by atoms with Crippen LogP contribution in [0.4, 0.5) is 0 Å². The van der Waals surface area contributed by atoms with E-state index in [0.717, 1.165) is 11.3 Å². The first-order valence-electron chi connectivity index (χ1n) is 5.92. The lowest BCUT2D eigenvalue weighted by molar-refractivity contribution is -0.143. The molecule has 0 saturated heterocycles. The Morgan fingerprint density at radius 1 is 1.50 bits per heavy atom. The molecule has 18 heavy (non-hydrogen) atoms. The second kappa shape index (κ2) is 6.18. The number of H-pyrrole nitrogens is 1. The van der Waals surface area contributed by atoms with Crippen LogP contribution in [-0.2, 0) is 16.0 Å². The van der Waals surface area contributed by atoms with Gasteiger partial charge in [-0.25, -0.2) is 4.79 Å². The highest BCUT2D eigenvalue weighted by atomic mass is 16.4. The minimum Gasteiger partial charge on any atom is -0.480 e. The molecule has 0 saturated carbocycles. The van der Waals surface area contributed by atoms with Crippen molar-refractivity contribution in [2.24, 2.45) is 5.92 Å². The van der Waals surface area contributed by atoms with E-state index in [4.69, 9.17) is 5.11 Å². The molecule has 6 nitrogen and oxygen atoms in total. The Kier molecular flexibility index (Phi) is 4.88. The van der Waals surface area contributed by atoms with Gasteiger partial charge in [0.15, 0.2) is 0 Å². The van der Waals surface area contributed by atoms with Gasteiger partial charge in [0.25, 0.3) is 0 Å². The van der Waals surface area contributed by atoms with Crippen molar-refractivity contribution in [2.75, 3.05) is 0 Å². The topological polar surface area (TPSA) is 95.1 Å². The monoisotopic (exact) mass is 253 g/mol. The van der Waals surface area contributed by atoms with Crippen molar-refractivity contribution >= 4 is 11.9 Å². The van der Waals surface area contributed by atoms with Crippen molar-refractivity contribution in [3.05, 3.63) is 17.5 Å². The number of aliphatic carboxylic acids is 1. The molecule has 1 atom stereocenters. The first-order chi connectivity index (χ1) is 8.41. The van der Waals surface area contributed by atoms with E-state index in [1.165, 1.54) is 0 Å². The summed E-state index contributed by atoms with van der Waals surface area (Å²) in [5, 5.41) is 18.1. The van der Waals surface area contributed by atoms with Gasteiger partial charge in [0.05, 0.1) is 6.20 Å². The van der Waals surface area contributed by atoms with Crippen molar-refractivity contribution in [1.29, 1.82) is 0 Å². The van der Waals surface area contributed by atoms with Gasteiger partial charge < -0.3 is 10.4 Å². The van der Waals surface area contributed by atoms with Gasteiger partial charge in [0.2, 0.25) is 5.91 Å². The third-order valence-corrected chi connectivity index (χ3v) is 2.80. The van der Waals surface area contributed by atoms with Gasteiger partial charge in [-0.2, -0.15) is 5.10 Å². The number of rotatable bonds is 6. The van der Waals surface area contributed by atoms with Crippen LogP contribution in [0.5, 0.6) is 0 Å². The maximum Gasteiger partial charge on any atom is 0.326 e. The van der Waals surface area contributed by atoms with Crippen LogP contribution in [0.15, 0.2) is 6.20 Å². The molecule has 1 aromatic heterocycles. The molecular weight excluding hydrogens is 234 g/mol. The van der Waals surface area contributed by atoms with E-state index in [-0.39, 0.29) is 18.2 Å². The third kappa shape index (κ3) is 3.87. The number of aryl methyl sites for hydroxylation is 2. The van der Waals surface area contributed by atoms with Crippen LogP contribution in [-0.4, -0.2) is 33.2 Å². The van der Waals surface area contributed by atoms with Crippen LogP contribution in [0, 0.1) is 12.8 Å². The molecule has 1 rings (SSSR count). The van der Waals surface area contributed by atoms with E-state index in [2.05, 4.69) is 15.5 Å². The van der Waals surface area contributed by atoms with E-state index >= 15 is 0 Å². The summed E-state index contributed by atoms with van der Waals surface area (Å²) in [6.07, 6.45) is 2.50. The molecule has 0 fully saturated rings. The Morgan fingerprint density at radius 2 is 2.17 bits per heavy atom. The van der Waals surface area contributed by atoms with Crippen LogP contribution >= 0.6 is 0 Å². The molecule has 0 aliphatic carbocycles. The minimum atomic E-state index is -1.00. The van der Waals surface area contributed by atoms with Crippen LogP contribution in [0.3, 0.4) is 0 Å². The zero-order chi connectivity index (χ0) is 13.7. The van der Waals surface area contributed by atoms with Crippen LogP contribution < -0.4 is 5.32 Å². The van der Waals surface area contributed by atoms with E-state index < -0.39 is 12.0 Å². The largest absolute Gasteiger partial charge is 0.480 e. The summed E-state index contributed by atoms with van der Waals surface area (Å²) in [5.74, 6) is -1.39.